The molecule has 2 aliphatic rings. The summed E-state index contributed by atoms with van der Waals surface area (Å²) < 4.78 is 0. The van der Waals surface area contributed by atoms with Crippen molar-refractivity contribution in [3.8, 4) is 0 Å². The van der Waals surface area contributed by atoms with Crippen LogP contribution >= 0.6 is 0 Å². The molecule has 0 spiro atoms. The third-order valence-corrected chi connectivity index (χ3v) is 3.85. The zero-order chi connectivity index (χ0) is 10.0. The van der Waals surface area contributed by atoms with Crippen molar-refractivity contribution in [2.75, 3.05) is 26.2 Å². The first-order valence-corrected chi connectivity index (χ1v) is 6.19. The highest BCUT2D eigenvalue weighted by atomic mass is 15.2. The molecule has 0 saturated carbocycles. The van der Waals surface area contributed by atoms with Crippen LogP contribution in [0, 0.1) is 5.92 Å². The van der Waals surface area contributed by atoms with Crippen LogP contribution in [0.1, 0.15) is 39.5 Å². The number of likely N-dealkylation sites (tertiary alicyclic amines) is 1. The molecule has 2 nitrogen and oxygen atoms in total. The van der Waals surface area contributed by atoms with E-state index in [-0.39, 0.29) is 0 Å². The number of rotatable bonds is 3. The summed E-state index contributed by atoms with van der Waals surface area (Å²) in [5.41, 5.74) is 0.567. The van der Waals surface area contributed by atoms with Crippen LogP contribution in [0.25, 0.3) is 0 Å². The average Bonchev–Trinajstić information content (AvgIpc) is 2.00. The van der Waals surface area contributed by atoms with Gasteiger partial charge in [0.15, 0.2) is 0 Å². The molecule has 0 aromatic heterocycles. The molecule has 0 aromatic rings. The second-order valence-electron chi connectivity index (χ2n) is 5.41. The van der Waals surface area contributed by atoms with E-state index in [0.717, 1.165) is 5.92 Å². The smallest absolute Gasteiger partial charge is 0.0236 e. The highest BCUT2D eigenvalue weighted by Crippen LogP contribution is 2.35. The molecular weight excluding hydrogens is 172 g/mol. The van der Waals surface area contributed by atoms with Crippen molar-refractivity contribution in [1.29, 1.82) is 0 Å². The van der Waals surface area contributed by atoms with Gasteiger partial charge in [-0.15, -0.1) is 0 Å². The van der Waals surface area contributed by atoms with E-state index in [0.29, 0.717) is 5.54 Å². The van der Waals surface area contributed by atoms with Crippen LogP contribution in [0.2, 0.25) is 0 Å². The van der Waals surface area contributed by atoms with Gasteiger partial charge in [-0.1, -0.05) is 13.8 Å². The van der Waals surface area contributed by atoms with E-state index in [9.17, 15) is 0 Å². The number of hydrogen-bond acceptors (Lipinski definition) is 2. The van der Waals surface area contributed by atoms with Crippen LogP contribution in [-0.2, 0) is 0 Å². The minimum atomic E-state index is 0.567. The van der Waals surface area contributed by atoms with Crippen molar-refractivity contribution in [2.24, 2.45) is 5.92 Å². The Labute approximate surface area is 88.1 Å². The molecule has 0 aliphatic carbocycles. The second kappa shape index (κ2) is 4.19. The van der Waals surface area contributed by atoms with E-state index in [1.807, 2.05) is 0 Å². The maximum Gasteiger partial charge on any atom is 0.0236 e. The molecule has 14 heavy (non-hydrogen) atoms. The Kier molecular flexibility index (Phi) is 3.13. The van der Waals surface area contributed by atoms with Crippen LogP contribution in [0.15, 0.2) is 0 Å². The van der Waals surface area contributed by atoms with Gasteiger partial charge in [0.05, 0.1) is 0 Å². The van der Waals surface area contributed by atoms with Crippen molar-refractivity contribution in [3.05, 3.63) is 0 Å². The monoisotopic (exact) mass is 196 g/mol. The highest BCUT2D eigenvalue weighted by molar-refractivity contribution is 4.97. The molecule has 2 fully saturated rings. The number of piperidine rings is 1. The van der Waals surface area contributed by atoms with Gasteiger partial charge in [-0.05, 0) is 57.8 Å². The summed E-state index contributed by atoms with van der Waals surface area (Å²) in [5.74, 6) is 0.841. The Morgan fingerprint density at radius 1 is 1.21 bits per heavy atom. The molecule has 0 bridgehead atoms. The van der Waals surface area contributed by atoms with Crippen molar-refractivity contribution in [3.63, 3.8) is 0 Å². The minimum Gasteiger partial charge on any atom is -0.317 e. The third-order valence-electron chi connectivity index (χ3n) is 3.85. The number of hydrogen-bond donors (Lipinski definition) is 1. The van der Waals surface area contributed by atoms with Crippen LogP contribution in [-0.4, -0.2) is 36.6 Å². The molecule has 1 N–H and O–H groups in total. The van der Waals surface area contributed by atoms with Gasteiger partial charge in [0, 0.05) is 5.54 Å². The average molecular weight is 196 g/mol. The summed E-state index contributed by atoms with van der Waals surface area (Å²) in [7, 11) is 0. The zero-order valence-electron chi connectivity index (χ0n) is 9.68. The molecule has 2 heteroatoms. The molecule has 2 saturated heterocycles. The van der Waals surface area contributed by atoms with Crippen LogP contribution in [0.3, 0.4) is 0 Å². The molecule has 0 aromatic carbocycles. The fourth-order valence-electron chi connectivity index (χ4n) is 3.09. The summed E-state index contributed by atoms with van der Waals surface area (Å²) >= 11 is 0. The molecule has 82 valence electrons. The quantitative estimate of drug-likeness (QED) is 0.741. The Balaban J connectivity index is 2.01. The van der Waals surface area contributed by atoms with Gasteiger partial charge >= 0.3 is 0 Å². The van der Waals surface area contributed by atoms with Gasteiger partial charge in [-0.2, -0.15) is 0 Å². The predicted molar refractivity (Wildman–Crippen MR) is 60.5 cm³/mol. The first-order chi connectivity index (χ1) is 6.73. The largest absolute Gasteiger partial charge is 0.317 e. The van der Waals surface area contributed by atoms with E-state index in [2.05, 4.69) is 24.1 Å². The van der Waals surface area contributed by atoms with E-state index in [4.69, 9.17) is 0 Å². The normalized spacial score (nSPS) is 27.6. The van der Waals surface area contributed by atoms with Crippen molar-refractivity contribution < 1.29 is 0 Å². The van der Waals surface area contributed by atoms with Crippen LogP contribution in [0.4, 0.5) is 0 Å². The molecule has 2 rings (SSSR count). The van der Waals surface area contributed by atoms with E-state index < -0.39 is 0 Å². The SMILES string of the molecule is CC(C)CC1(N2CCC2)CCNCC1. The molecular formula is C12H24N2. The van der Waals surface area contributed by atoms with Crippen molar-refractivity contribution >= 4 is 0 Å². The Hall–Kier alpha value is -0.0800. The summed E-state index contributed by atoms with van der Waals surface area (Å²) in [6.45, 7) is 9.89. The van der Waals surface area contributed by atoms with Gasteiger partial charge in [-0.3, -0.25) is 4.90 Å². The minimum absolute atomic E-state index is 0.567. The van der Waals surface area contributed by atoms with Gasteiger partial charge in [0.1, 0.15) is 0 Å². The lowest BCUT2D eigenvalue weighted by Crippen LogP contribution is -2.59. The lowest BCUT2D eigenvalue weighted by molar-refractivity contribution is -0.00843. The molecule has 2 aliphatic heterocycles. The second-order valence-corrected chi connectivity index (χ2v) is 5.41. The first-order valence-electron chi connectivity index (χ1n) is 6.19. The van der Waals surface area contributed by atoms with Gasteiger partial charge < -0.3 is 5.32 Å². The molecule has 2 heterocycles. The molecule has 0 unspecified atom stereocenters. The third kappa shape index (κ3) is 1.96. The summed E-state index contributed by atoms with van der Waals surface area (Å²) in [5, 5.41) is 3.49. The molecule has 0 radical (unpaired) electrons. The summed E-state index contributed by atoms with van der Waals surface area (Å²) in [6, 6.07) is 0. The Morgan fingerprint density at radius 2 is 1.86 bits per heavy atom. The first kappa shape index (κ1) is 10.4. The molecule has 0 amide bonds. The van der Waals surface area contributed by atoms with Gasteiger partial charge in [0.25, 0.3) is 0 Å². The molecule has 0 atom stereocenters. The van der Waals surface area contributed by atoms with Crippen LogP contribution in [0.5, 0.6) is 0 Å². The van der Waals surface area contributed by atoms with E-state index in [1.165, 1.54) is 51.9 Å². The van der Waals surface area contributed by atoms with E-state index >= 15 is 0 Å². The maximum absolute atomic E-state index is 3.49. The van der Waals surface area contributed by atoms with Crippen molar-refractivity contribution in [1.82, 2.24) is 10.2 Å². The fraction of sp³-hybridized carbons (Fsp3) is 1.00. The van der Waals surface area contributed by atoms with E-state index in [1.54, 1.807) is 0 Å². The Bertz CT molecular complexity index is 179. The standard InChI is InChI=1S/C12H24N2/c1-11(2)10-12(14-8-3-9-14)4-6-13-7-5-12/h11,13H,3-10H2,1-2H3. The van der Waals surface area contributed by atoms with Crippen LogP contribution < -0.4 is 5.32 Å². The number of nitrogens with zero attached hydrogens (tertiary/aromatic N) is 1. The zero-order valence-corrected chi connectivity index (χ0v) is 9.68. The van der Waals surface area contributed by atoms with Gasteiger partial charge in [0.2, 0.25) is 0 Å². The highest BCUT2D eigenvalue weighted by Gasteiger charge is 2.40. The predicted octanol–water partition coefficient (Wildman–Crippen LogP) is 1.86. The summed E-state index contributed by atoms with van der Waals surface area (Å²) in [6.07, 6.45) is 5.55. The maximum atomic E-state index is 3.49. The Morgan fingerprint density at radius 3 is 2.29 bits per heavy atom. The lowest BCUT2D eigenvalue weighted by atomic mass is 9.78. The topological polar surface area (TPSA) is 15.3 Å². The van der Waals surface area contributed by atoms with Gasteiger partial charge in [-0.25, -0.2) is 0 Å². The lowest BCUT2D eigenvalue weighted by Gasteiger charge is -2.52. The summed E-state index contributed by atoms with van der Waals surface area (Å²) in [4.78, 5) is 2.74. The fourth-order valence-corrected chi connectivity index (χ4v) is 3.09. The van der Waals surface area contributed by atoms with Crippen molar-refractivity contribution in [2.45, 2.75) is 45.1 Å². The number of nitrogens with one attached hydrogen (secondary N) is 1.